The molecule has 0 saturated heterocycles. The van der Waals surface area contributed by atoms with Gasteiger partial charge in [0.1, 0.15) is 11.8 Å². The average Bonchev–Trinajstić information content (AvgIpc) is 2.72. The van der Waals surface area contributed by atoms with Crippen molar-refractivity contribution < 1.29 is 14.3 Å². The lowest BCUT2D eigenvalue weighted by Crippen LogP contribution is -2.54. The van der Waals surface area contributed by atoms with Gasteiger partial charge in [0.25, 0.3) is 5.91 Å². The SMILES string of the molecule is CC[C@@H](C(=O)NC(C)(C)C)N(Cc1ccccc1C)C(=O)COc1ccccc1C(C)C. The van der Waals surface area contributed by atoms with Crippen LogP contribution in [0, 0.1) is 6.92 Å². The molecule has 1 N–H and O–H groups in total. The number of amides is 2. The van der Waals surface area contributed by atoms with E-state index < -0.39 is 6.04 Å². The summed E-state index contributed by atoms with van der Waals surface area (Å²) < 4.78 is 5.96. The van der Waals surface area contributed by atoms with E-state index in [1.165, 1.54) is 0 Å². The summed E-state index contributed by atoms with van der Waals surface area (Å²) >= 11 is 0. The zero-order valence-corrected chi connectivity index (χ0v) is 20.6. The van der Waals surface area contributed by atoms with E-state index in [4.69, 9.17) is 4.74 Å². The number of nitrogens with one attached hydrogen (secondary N) is 1. The van der Waals surface area contributed by atoms with E-state index in [2.05, 4.69) is 19.2 Å². The first-order chi connectivity index (χ1) is 15.0. The highest BCUT2D eigenvalue weighted by Gasteiger charge is 2.31. The molecule has 2 aromatic rings. The fraction of sp³-hybridized carbons (Fsp3) is 0.481. The van der Waals surface area contributed by atoms with Crippen LogP contribution in [0.4, 0.5) is 0 Å². The molecule has 0 aliphatic carbocycles. The lowest BCUT2D eigenvalue weighted by Gasteiger charge is -2.33. The molecule has 0 aliphatic rings. The zero-order chi connectivity index (χ0) is 23.9. The molecular weight excluding hydrogens is 400 g/mol. The molecule has 0 fully saturated rings. The summed E-state index contributed by atoms with van der Waals surface area (Å²) in [6.07, 6.45) is 0.516. The molecule has 2 amide bonds. The van der Waals surface area contributed by atoms with E-state index >= 15 is 0 Å². The number of aryl methyl sites for hydroxylation is 1. The first kappa shape index (κ1) is 25.4. The summed E-state index contributed by atoms with van der Waals surface area (Å²) in [4.78, 5) is 28.1. The summed E-state index contributed by atoms with van der Waals surface area (Å²) in [7, 11) is 0. The summed E-state index contributed by atoms with van der Waals surface area (Å²) in [5, 5.41) is 3.03. The first-order valence-corrected chi connectivity index (χ1v) is 11.4. The number of carbonyl (C=O) groups excluding carboxylic acids is 2. The molecule has 0 radical (unpaired) electrons. The predicted octanol–water partition coefficient (Wildman–Crippen LogP) is 5.22. The first-order valence-electron chi connectivity index (χ1n) is 11.4. The fourth-order valence-corrected chi connectivity index (χ4v) is 3.65. The molecular formula is C27H38N2O3. The van der Waals surface area contributed by atoms with Gasteiger partial charge in [-0.1, -0.05) is 63.2 Å². The Balaban J connectivity index is 2.29. The Morgan fingerprint density at radius 3 is 2.25 bits per heavy atom. The summed E-state index contributed by atoms with van der Waals surface area (Å²) in [5.74, 6) is 0.636. The van der Waals surface area contributed by atoms with Gasteiger partial charge in [0, 0.05) is 12.1 Å². The molecule has 174 valence electrons. The van der Waals surface area contributed by atoms with Gasteiger partial charge in [-0.15, -0.1) is 0 Å². The second-order valence-corrected chi connectivity index (χ2v) is 9.59. The minimum absolute atomic E-state index is 0.116. The Hall–Kier alpha value is -2.82. The van der Waals surface area contributed by atoms with Crippen LogP contribution in [0.5, 0.6) is 5.75 Å². The van der Waals surface area contributed by atoms with E-state index in [1.54, 1.807) is 4.90 Å². The number of ether oxygens (including phenoxy) is 1. The van der Waals surface area contributed by atoms with Crippen molar-refractivity contribution in [3.05, 3.63) is 65.2 Å². The lowest BCUT2D eigenvalue weighted by atomic mass is 10.0. The van der Waals surface area contributed by atoms with Crippen LogP contribution in [0.3, 0.4) is 0 Å². The molecule has 0 bridgehead atoms. The van der Waals surface area contributed by atoms with E-state index in [0.717, 1.165) is 16.7 Å². The van der Waals surface area contributed by atoms with Gasteiger partial charge in [-0.25, -0.2) is 0 Å². The molecule has 5 nitrogen and oxygen atoms in total. The molecule has 2 aromatic carbocycles. The molecule has 32 heavy (non-hydrogen) atoms. The minimum Gasteiger partial charge on any atom is -0.483 e. The average molecular weight is 439 g/mol. The van der Waals surface area contributed by atoms with Crippen molar-refractivity contribution >= 4 is 11.8 Å². The van der Waals surface area contributed by atoms with E-state index in [1.807, 2.05) is 83.1 Å². The Morgan fingerprint density at radius 1 is 1.03 bits per heavy atom. The largest absolute Gasteiger partial charge is 0.483 e. The molecule has 5 heteroatoms. The number of nitrogens with zero attached hydrogens (tertiary/aromatic N) is 1. The lowest BCUT2D eigenvalue weighted by molar-refractivity contribution is -0.143. The predicted molar refractivity (Wildman–Crippen MR) is 130 cm³/mol. The summed E-state index contributed by atoms with van der Waals surface area (Å²) in [6, 6.07) is 15.1. The third-order valence-corrected chi connectivity index (χ3v) is 5.38. The molecule has 0 aromatic heterocycles. The van der Waals surface area contributed by atoms with E-state index in [9.17, 15) is 9.59 Å². The second kappa shape index (κ2) is 11.2. The molecule has 0 heterocycles. The molecule has 2 rings (SSSR count). The number of benzene rings is 2. The topological polar surface area (TPSA) is 58.6 Å². The molecule has 0 unspecified atom stereocenters. The molecule has 1 atom stereocenters. The van der Waals surface area contributed by atoms with Crippen LogP contribution < -0.4 is 10.1 Å². The maximum Gasteiger partial charge on any atom is 0.261 e. The highest BCUT2D eigenvalue weighted by Crippen LogP contribution is 2.26. The Labute approximate surface area is 193 Å². The maximum atomic E-state index is 13.4. The van der Waals surface area contributed by atoms with Crippen LogP contribution in [-0.2, 0) is 16.1 Å². The van der Waals surface area contributed by atoms with Gasteiger partial charge >= 0.3 is 0 Å². The zero-order valence-electron chi connectivity index (χ0n) is 20.6. The molecule has 0 aliphatic heterocycles. The van der Waals surface area contributed by atoms with Crippen LogP contribution in [-0.4, -0.2) is 34.9 Å². The highest BCUT2D eigenvalue weighted by molar-refractivity contribution is 5.88. The molecule has 0 saturated carbocycles. The van der Waals surface area contributed by atoms with Gasteiger partial charge in [-0.2, -0.15) is 0 Å². The maximum absolute atomic E-state index is 13.4. The highest BCUT2D eigenvalue weighted by atomic mass is 16.5. The van der Waals surface area contributed by atoms with Crippen LogP contribution in [0.25, 0.3) is 0 Å². The van der Waals surface area contributed by atoms with Crippen molar-refractivity contribution in [1.82, 2.24) is 10.2 Å². The van der Waals surface area contributed by atoms with Gasteiger partial charge in [0.05, 0.1) is 0 Å². The Kier molecular flexibility index (Phi) is 8.88. The smallest absolute Gasteiger partial charge is 0.261 e. The Morgan fingerprint density at radius 2 is 1.66 bits per heavy atom. The van der Waals surface area contributed by atoms with Gasteiger partial charge < -0.3 is 15.0 Å². The van der Waals surface area contributed by atoms with Crippen molar-refractivity contribution in [3.8, 4) is 5.75 Å². The number of rotatable bonds is 9. The number of hydrogen-bond donors (Lipinski definition) is 1. The summed E-state index contributed by atoms with van der Waals surface area (Å²) in [5.41, 5.74) is 2.78. The van der Waals surface area contributed by atoms with Crippen LogP contribution in [0.1, 0.15) is 70.6 Å². The normalized spacial score (nSPS) is 12.4. The third kappa shape index (κ3) is 7.11. The quantitative estimate of drug-likeness (QED) is 0.584. The van der Waals surface area contributed by atoms with Crippen molar-refractivity contribution in [1.29, 1.82) is 0 Å². The van der Waals surface area contributed by atoms with Gasteiger partial charge in [-0.3, -0.25) is 9.59 Å². The van der Waals surface area contributed by atoms with Gasteiger partial charge in [-0.05, 0) is 62.8 Å². The fourth-order valence-electron chi connectivity index (χ4n) is 3.65. The summed E-state index contributed by atoms with van der Waals surface area (Å²) in [6.45, 7) is 14.2. The van der Waals surface area contributed by atoms with Gasteiger partial charge in [0.15, 0.2) is 6.61 Å². The van der Waals surface area contributed by atoms with Crippen molar-refractivity contribution in [2.45, 2.75) is 78.9 Å². The van der Waals surface area contributed by atoms with Crippen molar-refractivity contribution in [2.24, 2.45) is 0 Å². The van der Waals surface area contributed by atoms with E-state index in [0.29, 0.717) is 18.7 Å². The van der Waals surface area contributed by atoms with Crippen LogP contribution in [0.2, 0.25) is 0 Å². The Bertz CT molecular complexity index is 915. The standard InChI is InChI=1S/C27H38N2O3/c1-8-23(26(31)28-27(5,6)7)29(17-21-14-10-9-13-20(21)4)25(30)18-32-24-16-12-11-15-22(24)19(2)3/h9-16,19,23H,8,17-18H2,1-7H3,(H,28,31)/t23-/m0/s1. The number of hydrogen-bond acceptors (Lipinski definition) is 3. The van der Waals surface area contributed by atoms with E-state index in [-0.39, 0.29) is 29.9 Å². The molecule has 0 spiro atoms. The minimum atomic E-state index is -0.578. The number of para-hydroxylation sites is 1. The number of carbonyl (C=O) groups is 2. The van der Waals surface area contributed by atoms with Gasteiger partial charge in [0.2, 0.25) is 5.91 Å². The second-order valence-electron chi connectivity index (χ2n) is 9.59. The monoisotopic (exact) mass is 438 g/mol. The van der Waals surface area contributed by atoms with Crippen molar-refractivity contribution in [2.75, 3.05) is 6.61 Å². The third-order valence-electron chi connectivity index (χ3n) is 5.38. The van der Waals surface area contributed by atoms with Crippen molar-refractivity contribution in [3.63, 3.8) is 0 Å². The van der Waals surface area contributed by atoms with Crippen LogP contribution in [0.15, 0.2) is 48.5 Å². The van der Waals surface area contributed by atoms with Crippen LogP contribution >= 0.6 is 0 Å².